The van der Waals surface area contributed by atoms with Crippen LogP contribution in [0.25, 0.3) is 0 Å². The third-order valence-corrected chi connectivity index (χ3v) is 3.16. The van der Waals surface area contributed by atoms with Crippen LogP contribution in [0, 0.1) is 0 Å². The number of unbranched alkanes of at least 4 members (excludes halogenated alkanes) is 6. The van der Waals surface area contributed by atoms with Crippen molar-refractivity contribution in [2.75, 3.05) is 19.6 Å². The Hall–Kier alpha value is 0.250. The molecule has 0 aromatic rings. The second kappa shape index (κ2) is 16.2. The van der Waals surface area contributed by atoms with Crippen LogP contribution in [0.15, 0.2) is 0 Å². The molecule has 0 aromatic heterocycles. The molecular weight excluding hydrogens is 230 g/mol. The highest BCUT2D eigenvalue weighted by atomic mass is 35.5. The van der Waals surface area contributed by atoms with Gasteiger partial charge in [-0.1, -0.05) is 59.3 Å². The number of nitrogens with zero attached hydrogens (tertiary/aromatic N) is 1. The Morgan fingerprint density at radius 3 is 1.47 bits per heavy atom. The quantitative estimate of drug-likeness (QED) is 0.433. The van der Waals surface area contributed by atoms with E-state index < -0.39 is 0 Å². The fourth-order valence-electron chi connectivity index (χ4n) is 2.26. The molecule has 0 bridgehead atoms. The van der Waals surface area contributed by atoms with Gasteiger partial charge in [-0.3, -0.25) is 0 Å². The molecular formula is C15H34ClN. The lowest BCUT2D eigenvalue weighted by Gasteiger charge is -2.20. The summed E-state index contributed by atoms with van der Waals surface area (Å²) in [5.74, 6) is 0. The first-order valence-corrected chi connectivity index (χ1v) is 7.57. The van der Waals surface area contributed by atoms with Crippen LogP contribution in [-0.2, 0) is 0 Å². The summed E-state index contributed by atoms with van der Waals surface area (Å²) >= 11 is 0. The first-order chi connectivity index (χ1) is 7.85. The van der Waals surface area contributed by atoms with E-state index in [-0.39, 0.29) is 12.4 Å². The molecule has 0 aliphatic carbocycles. The maximum atomic E-state index is 2.63. The van der Waals surface area contributed by atoms with Crippen LogP contribution in [0.4, 0.5) is 0 Å². The van der Waals surface area contributed by atoms with Gasteiger partial charge in [0.25, 0.3) is 0 Å². The van der Waals surface area contributed by atoms with Gasteiger partial charge in [-0.25, -0.2) is 0 Å². The molecule has 0 aromatic carbocycles. The molecule has 0 N–H and O–H groups in total. The van der Waals surface area contributed by atoms with Crippen molar-refractivity contribution >= 4 is 12.4 Å². The summed E-state index contributed by atoms with van der Waals surface area (Å²) in [6.07, 6.45) is 12.6. The van der Waals surface area contributed by atoms with Crippen LogP contribution in [0.1, 0.15) is 78.6 Å². The van der Waals surface area contributed by atoms with Gasteiger partial charge in [-0.05, 0) is 38.9 Å². The minimum Gasteiger partial charge on any atom is -0.303 e. The first kappa shape index (κ1) is 19.6. The summed E-state index contributed by atoms with van der Waals surface area (Å²) in [5.41, 5.74) is 0. The third kappa shape index (κ3) is 14.2. The molecule has 0 amide bonds. The number of halogens is 1. The minimum absolute atomic E-state index is 0. The zero-order chi connectivity index (χ0) is 12.1. The lowest BCUT2D eigenvalue weighted by atomic mass is 10.1. The summed E-state index contributed by atoms with van der Waals surface area (Å²) in [6, 6.07) is 0. The van der Waals surface area contributed by atoms with Gasteiger partial charge in [-0.2, -0.15) is 0 Å². The molecule has 0 atom stereocenters. The Kier molecular flexibility index (Phi) is 18.7. The Labute approximate surface area is 116 Å². The van der Waals surface area contributed by atoms with Crippen molar-refractivity contribution in [3.63, 3.8) is 0 Å². The maximum Gasteiger partial charge on any atom is -0.00187 e. The van der Waals surface area contributed by atoms with Crippen LogP contribution in [-0.4, -0.2) is 24.5 Å². The zero-order valence-electron chi connectivity index (χ0n) is 12.3. The average molecular weight is 264 g/mol. The molecule has 0 unspecified atom stereocenters. The van der Waals surface area contributed by atoms with Crippen LogP contribution in [0.5, 0.6) is 0 Å². The van der Waals surface area contributed by atoms with Crippen molar-refractivity contribution < 1.29 is 0 Å². The summed E-state index contributed by atoms with van der Waals surface area (Å²) in [7, 11) is 0. The fraction of sp³-hybridized carbons (Fsp3) is 1.00. The molecule has 0 saturated heterocycles. The maximum absolute atomic E-state index is 2.63. The van der Waals surface area contributed by atoms with E-state index in [1.54, 1.807) is 0 Å². The van der Waals surface area contributed by atoms with Gasteiger partial charge in [0, 0.05) is 0 Å². The normalized spacial score (nSPS) is 10.6. The molecule has 1 nitrogen and oxygen atoms in total. The summed E-state index contributed by atoms with van der Waals surface area (Å²) < 4.78 is 0. The summed E-state index contributed by atoms with van der Waals surface area (Å²) in [6.45, 7) is 10.8. The topological polar surface area (TPSA) is 3.24 Å². The van der Waals surface area contributed by atoms with Gasteiger partial charge in [0.1, 0.15) is 0 Å². The molecule has 17 heavy (non-hydrogen) atoms. The molecule has 2 heteroatoms. The fourth-order valence-corrected chi connectivity index (χ4v) is 2.26. The van der Waals surface area contributed by atoms with E-state index in [4.69, 9.17) is 0 Å². The van der Waals surface area contributed by atoms with E-state index in [2.05, 4.69) is 25.7 Å². The summed E-state index contributed by atoms with van der Waals surface area (Å²) in [5, 5.41) is 0. The smallest absolute Gasteiger partial charge is 0.00187 e. The molecule has 0 heterocycles. The standard InChI is InChI=1S/C15H33N.ClH/c1-4-7-8-9-10-11-12-15-16(13-5-2)14-6-3;/h4-15H2,1-3H3;1H. The van der Waals surface area contributed by atoms with E-state index in [1.165, 1.54) is 77.4 Å². The monoisotopic (exact) mass is 263 g/mol. The van der Waals surface area contributed by atoms with Gasteiger partial charge >= 0.3 is 0 Å². The number of hydrogen-bond donors (Lipinski definition) is 0. The highest BCUT2D eigenvalue weighted by molar-refractivity contribution is 5.85. The van der Waals surface area contributed by atoms with E-state index in [0.29, 0.717) is 0 Å². The average Bonchev–Trinajstić information content (AvgIpc) is 2.28. The summed E-state index contributed by atoms with van der Waals surface area (Å²) in [4.78, 5) is 2.63. The van der Waals surface area contributed by atoms with Crippen LogP contribution in [0.3, 0.4) is 0 Å². The Balaban J connectivity index is 0. The van der Waals surface area contributed by atoms with Gasteiger partial charge in [0.05, 0.1) is 0 Å². The van der Waals surface area contributed by atoms with Crippen LogP contribution in [0.2, 0.25) is 0 Å². The molecule has 0 spiro atoms. The molecule has 0 rings (SSSR count). The number of hydrogen-bond acceptors (Lipinski definition) is 1. The highest BCUT2D eigenvalue weighted by Gasteiger charge is 2.01. The minimum atomic E-state index is 0. The van der Waals surface area contributed by atoms with Crippen molar-refractivity contribution in [1.82, 2.24) is 4.90 Å². The highest BCUT2D eigenvalue weighted by Crippen LogP contribution is 2.07. The largest absolute Gasteiger partial charge is 0.303 e. The Morgan fingerprint density at radius 1 is 0.529 bits per heavy atom. The Morgan fingerprint density at radius 2 is 1.00 bits per heavy atom. The van der Waals surface area contributed by atoms with Crippen molar-refractivity contribution in [3.05, 3.63) is 0 Å². The van der Waals surface area contributed by atoms with E-state index >= 15 is 0 Å². The van der Waals surface area contributed by atoms with E-state index in [1.807, 2.05) is 0 Å². The van der Waals surface area contributed by atoms with Gasteiger partial charge < -0.3 is 4.90 Å². The van der Waals surface area contributed by atoms with Gasteiger partial charge in [0.15, 0.2) is 0 Å². The van der Waals surface area contributed by atoms with Crippen molar-refractivity contribution in [2.45, 2.75) is 78.6 Å². The molecule has 106 valence electrons. The number of rotatable bonds is 12. The zero-order valence-corrected chi connectivity index (χ0v) is 13.2. The van der Waals surface area contributed by atoms with Crippen molar-refractivity contribution in [1.29, 1.82) is 0 Å². The second-order valence-corrected chi connectivity index (χ2v) is 4.96. The second-order valence-electron chi connectivity index (χ2n) is 4.96. The lowest BCUT2D eigenvalue weighted by molar-refractivity contribution is 0.267. The molecule has 0 fully saturated rings. The van der Waals surface area contributed by atoms with E-state index in [0.717, 1.165) is 0 Å². The molecule has 0 aliphatic rings. The predicted octanol–water partition coefficient (Wildman–Crippen LogP) is 5.28. The van der Waals surface area contributed by atoms with Gasteiger partial charge in [-0.15, -0.1) is 12.4 Å². The van der Waals surface area contributed by atoms with Crippen LogP contribution < -0.4 is 0 Å². The van der Waals surface area contributed by atoms with E-state index in [9.17, 15) is 0 Å². The molecule has 0 aliphatic heterocycles. The van der Waals surface area contributed by atoms with Gasteiger partial charge in [0.2, 0.25) is 0 Å². The lowest BCUT2D eigenvalue weighted by Crippen LogP contribution is -2.26. The predicted molar refractivity (Wildman–Crippen MR) is 82.3 cm³/mol. The first-order valence-electron chi connectivity index (χ1n) is 7.57. The van der Waals surface area contributed by atoms with Crippen molar-refractivity contribution in [2.24, 2.45) is 0 Å². The van der Waals surface area contributed by atoms with Crippen molar-refractivity contribution in [3.8, 4) is 0 Å². The SMILES string of the molecule is CCCCCCCCCN(CCC)CCC.Cl. The van der Waals surface area contributed by atoms with Crippen LogP contribution >= 0.6 is 12.4 Å². The third-order valence-electron chi connectivity index (χ3n) is 3.16. The molecule has 0 radical (unpaired) electrons. The Bertz CT molecular complexity index is 122. The molecule has 0 saturated carbocycles.